The van der Waals surface area contributed by atoms with E-state index in [2.05, 4.69) is 27.0 Å². The smallest absolute Gasteiger partial charge is 0.269 e. The topological polar surface area (TPSA) is 88.3 Å². The van der Waals surface area contributed by atoms with Gasteiger partial charge in [0.2, 0.25) is 0 Å². The maximum absolute atomic E-state index is 14.3. The van der Waals surface area contributed by atoms with Crippen LogP contribution >= 0.6 is 22.9 Å². The first-order valence-electron chi connectivity index (χ1n) is 14.3. The Balaban J connectivity index is 1.40. The molecule has 7 nitrogen and oxygen atoms in total. The zero-order valence-electron chi connectivity index (χ0n) is 23.3. The molecule has 1 aliphatic heterocycles. The molecule has 2 fully saturated rings. The van der Waals surface area contributed by atoms with Crippen LogP contribution in [-0.2, 0) is 22.2 Å². The van der Waals surface area contributed by atoms with Crippen molar-refractivity contribution in [1.29, 1.82) is 0 Å². The van der Waals surface area contributed by atoms with Gasteiger partial charge in [0.25, 0.3) is 10.0 Å². The maximum atomic E-state index is 14.3. The van der Waals surface area contributed by atoms with E-state index in [-0.39, 0.29) is 4.90 Å². The molecule has 0 amide bonds. The number of aliphatic hydroxyl groups is 1. The standard InChI is InChI=1S/C32H31ClN4O3S2/c1-21-5-11-24(12-6-21)42(39,40)37-27(23-9-7-22(8-10-23)20-36-15-2-3-16-36)17-25-29(26(33)18-34-30(25)37)28-19-35-31(41-28)32(38)13-4-14-32/h5-12,17-19,38H,2-4,13-16,20H2,1H3. The van der Waals surface area contributed by atoms with Gasteiger partial charge in [0.1, 0.15) is 10.6 Å². The Labute approximate surface area is 254 Å². The third kappa shape index (κ3) is 4.77. The molecule has 0 unspecified atom stereocenters. The summed E-state index contributed by atoms with van der Waals surface area (Å²) in [6.45, 7) is 5.02. The Morgan fingerprint density at radius 1 is 0.976 bits per heavy atom. The number of pyridine rings is 1. The molecule has 3 aromatic heterocycles. The van der Waals surface area contributed by atoms with Crippen molar-refractivity contribution in [3.8, 4) is 21.7 Å². The molecule has 2 aromatic carbocycles. The summed E-state index contributed by atoms with van der Waals surface area (Å²) in [5, 5.41) is 12.6. The number of nitrogens with zero attached hydrogens (tertiary/aromatic N) is 4. The van der Waals surface area contributed by atoms with Crippen LogP contribution in [0.3, 0.4) is 0 Å². The lowest BCUT2D eigenvalue weighted by Gasteiger charge is -2.34. The molecule has 2 aliphatic rings. The predicted octanol–water partition coefficient (Wildman–Crippen LogP) is 6.99. The fourth-order valence-electron chi connectivity index (χ4n) is 5.92. The van der Waals surface area contributed by atoms with Crippen LogP contribution in [0.5, 0.6) is 0 Å². The zero-order chi connectivity index (χ0) is 29.1. The lowest BCUT2D eigenvalue weighted by molar-refractivity contribution is -0.0389. The minimum Gasteiger partial charge on any atom is -0.383 e. The Kier molecular flexibility index (Phi) is 6.98. The van der Waals surface area contributed by atoms with Crippen molar-refractivity contribution in [2.75, 3.05) is 13.1 Å². The molecular weight excluding hydrogens is 588 g/mol. The van der Waals surface area contributed by atoms with Gasteiger partial charge in [0.15, 0.2) is 5.65 Å². The lowest BCUT2D eigenvalue weighted by atomic mass is 9.81. The van der Waals surface area contributed by atoms with Crippen LogP contribution in [0, 0.1) is 6.92 Å². The van der Waals surface area contributed by atoms with Crippen LogP contribution in [0.25, 0.3) is 32.7 Å². The predicted molar refractivity (Wildman–Crippen MR) is 167 cm³/mol. The highest BCUT2D eigenvalue weighted by Crippen LogP contribution is 2.47. The molecule has 0 radical (unpaired) electrons. The average Bonchev–Trinajstić information content (AvgIpc) is 3.73. The highest BCUT2D eigenvalue weighted by Gasteiger charge is 2.39. The van der Waals surface area contributed by atoms with Gasteiger partial charge in [-0.2, -0.15) is 0 Å². The minimum atomic E-state index is -4.02. The SMILES string of the molecule is Cc1ccc(S(=O)(=O)n2c(-c3ccc(CN4CCCC4)cc3)cc3c(-c4cnc(C5(O)CCC5)s4)c(Cl)cnc32)cc1. The molecular formula is C32H31ClN4O3S2. The molecule has 216 valence electrons. The first-order valence-corrected chi connectivity index (χ1v) is 16.9. The summed E-state index contributed by atoms with van der Waals surface area (Å²) in [5.74, 6) is 0. The van der Waals surface area contributed by atoms with E-state index in [0.29, 0.717) is 45.2 Å². The Hall–Kier alpha value is -3.08. The number of fused-ring (bicyclic) bond motifs is 1. The first kappa shape index (κ1) is 27.7. The van der Waals surface area contributed by atoms with Crippen molar-refractivity contribution in [3.05, 3.63) is 88.1 Å². The van der Waals surface area contributed by atoms with E-state index in [9.17, 15) is 13.5 Å². The van der Waals surface area contributed by atoms with E-state index in [1.165, 1.54) is 39.9 Å². The third-order valence-corrected chi connectivity index (χ3v) is 11.7. The molecule has 1 aliphatic carbocycles. The second-order valence-corrected chi connectivity index (χ2v) is 14.7. The van der Waals surface area contributed by atoms with Gasteiger partial charge in [0.05, 0.1) is 20.5 Å². The first-order chi connectivity index (χ1) is 20.2. The number of likely N-dealkylation sites (tertiary alicyclic amines) is 1. The Morgan fingerprint density at radius 2 is 1.69 bits per heavy atom. The molecule has 0 spiro atoms. The molecule has 10 heteroatoms. The Bertz CT molecular complexity index is 1890. The number of benzene rings is 2. The van der Waals surface area contributed by atoms with Crippen LogP contribution < -0.4 is 0 Å². The van der Waals surface area contributed by atoms with E-state index in [1.807, 2.05) is 25.1 Å². The summed E-state index contributed by atoms with van der Waals surface area (Å²) in [4.78, 5) is 12.5. The summed E-state index contributed by atoms with van der Waals surface area (Å²) >= 11 is 8.15. The normalized spacial score (nSPS) is 17.1. The molecule has 0 atom stereocenters. The van der Waals surface area contributed by atoms with Gasteiger partial charge in [-0.05, 0) is 81.4 Å². The van der Waals surface area contributed by atoms with Gasteiger partial charge in [-0.15, -0.1) is 11.3 Å². The number of aromatic nitrogens is 3. The third-order valence-electron chi connectivity index (χ3n) is 8.49. The lowest BCUT2D eigenvalue weighted by Crippen LogP contribution is -2.33. The highest BCUT2D eigenvalue weighted by molar-refractivity contribution is 7.90. The van der Waals surface area contributed by atoms with Crippen molar-refractivity contribution < 1.29 is 13.5 Å². The van der Waals surface area contributed by atoms with E-state index in [0.717, 1.165) is 42.1 Å². The molecule has 4 heterocycles. The summed E-state index contributed by atoms with van der Waals surface area (Å²) in [6, 6.07) is 16.8. The maximum Gasteiger partial charge on any atom is 0.269 e. The van der Waals surface area contributed by atoms with E-state index in [1.54, 1.807) is 30.5 Å². The van der Waals surface area contributed by atoms with E-state index < -0.39 is 15.6 Å². The van der Waals surface area contributed by atoms with Crippen LogP contribution in [0.1, 0.15) is 48.2 Å². The number of hydrogen-bond donors (Lipinski definition) is 1. The summed E-state index contributed by atoms with van der Waals surface area (Å²) < 4.78 is 29.9. The number of rotatable bonds is 7. The molecule has 1 saturated carbocycles. The fourth-order valence-corrected chi connectivity index (χ4v) is 8.85. The van der Waals surface area contributed by atoms with Crippen LogP contribution in [0.15, 0.2) is 71.9 Å². The van der Waals surface area contributed by atoms with Gasteiger partial charge in [-0.25, -0.2) is 22.4 Å². The van der Waals surface area contributed by atoms with Gasteiger partial charge < -0.3 is 5.11 Å². The molecule has 42 heavy (non-hydrogen) atoms. The van der Waals surface area contributed by atoms with Crippen molar-refractivity contribution in [2.45, 2.75) is 56.1 Å². The van der Waals surface area contributed by atoms with Gasteiger partial charge >= 0.3 is 0 Å². The van der Waals surface area contributed by atoms with Crippen LogP contribution in [-0.4, -0.2) is 45.5 Å². The monoisotopic (exact) mass is 618 g/mol. The van der Waals surface area contributed by atoms with Gasteiger partial charge in [-0.1, -0.05) is 53.6 Å². The van der Waals surface area contributed by atoms with Crippen molar-refractivity contribution in [3.63, 3.8) is 0 Å². The van der Waals surface area contributed by atoms with Crippen molar-refractivity contribution in [2.24, 2.45) is 0 Å². The molecule has 1 N–H and O–H groups in total. The minimum absolute atomic E-state index is 0.183. The van der Waals surface area contributed by atoms with Crippen LogP contribution in [0.2, 0.25) is 5.02 Å². The highest BCUT2D eigenvalue weighted by atomic mass is 35.5. The van der Waals surface area contributed by atoms with Gasteiger partial charge in [-0.3, -0.25) is 4.90 Å². The summed E-state index contributed by atoms with van der Waals surface area (Å²) in [6.07, 6.45) is 8.01. The number of thiazole rings is 1. The Morgan fingerprint density at radius 3 is 2.36 bits per heavy atom. The zero-order valence-corrected chi connectivity index (χ0v) is 25.6. The van der Waals surface area contributed by atoms with E-state index >= 15 is 0 Å². The quantitative estimate of drug-likeness (QED) is 0.211. The van der Waals surface area contributed by atoms with E-state index in [4.69, 9.17) is 11.6 Å². The van der Waals surface area contributed by atoms with Crippen LogP contribution in [0.4, 0.5) is 0 Å². The van der Waals surface area contributed by atoms with Crippen molar-refractivity contribution in [1.82, 2.24) is 18.8 Å². The molecule has 5 aromatic rings. The summed E-state index contributed by atoms with van der Waals surface area (Å²) in [7, 11) is -4.02. The number of halogens is 1. The molecule has 7 rings (SSSR count). The molecule has 1 saturated heterocycles. The fraction of sp³-hybridized carbons (Fsp3) is 0.312. The average molecular weight is 619 g/mol. The second kappa shape index (κ2) is 10.6. The summed E-state index contributed by atoms with van der Waals surface area (Å²) in [5.41, 5.74) is 3.51. The van der Waals surface area contributed by atoms with Crippen molar-refractivity contribution >= 4 is 44.0 Å². The number of aryl methyl sites for hydroxylation is 1. The number of hydrogen-bond acceptors (Lipinski definition) is 7. The second-order valence-electron chi connectivity index (χ2n) is 11.4. The molecule has 0 bridgehead atoms. The largest absolute Gasteiger partial charge is 0.383 e. The van der Waals surface area contributed by atoms with Gasteiger partial charge in [0, 0.05) is 29.9 Å².